The van der Waals surface area contributed by atoms with Gasteiger partial charge < -0.3 is 5.32 Å². The second-order valence-electron chi connectivity index (χ2n) is 6.07. The van der Waals surface area contributed by atoms with Crippen LogP contribution in [0, 0.1) is 0 Å². The van der Waals surface area contributed by atoms with Gasteiger partial charge in [0.25, 0.3) is 10.0 Å². The zero-order chi connectivity index (χ0) is 17.4. The van der Waals surface area contributed by atoms with Gasteiger partial charge in [0.1, 0.15) is 0 Å². The number of hydrogen-bond donors (Lipinski definition) is 2. The van der Waals surface area contributed by atoms with Crippen LogP contribution in [0.25, 0.3) is 10.8 Å². The largest absolute Gasteiger partial charge is 0.312 e. The van der Waals surface area contributed by atoms with Crippen LogP contribution in [0.3, 0.4) is 0 Å². The molecule has 2 N–H and O–H groups in total. The molecule has 0 fully saturated rings. The topological polar surface area (TPSA) is 58.2 Å². The Labute approximate surface area is 164 Å². The summed E-state index contributed by atoms with van der Waals surface area (Å²) in [5, 5.41) is 5.17. The second kappa shape index (κ2) is 7.45. The summed E-state index contributed by atoms with van der Waals surface area (Å²) in [5.41, 5.74) is 2.82. The van der Waals surface area contributed by atoms with Crippen molar-refractivity contribution < 1.29 is 8.42 Å². The Morgan fingerprint density at radius 2 is 1.69 bits per heavy atom. The van der Waals surface area contributed by atoms with Crippen molar-refractivity contribution in [3.63, 3.8) is 0 Å². The second-order valence-corrected chi connectivity index (χ2v) is 8.12. The number of fused-ring (bicyclic) bond motifs is 2. The summed E-state index contributed by atoms with van der Waals surface area (Å²) < 4.78 is 28.8. The van der Waals surface area contributed by atoms with Gasteiger partial charge in [-0.15, -0.1) is 12.4 Å². The van der Waals surface area contributed by atoms with Crippen molar-refractivity contribution >= 4 is 50.5 Å². The summed E-state index contributed by atoms with van der Waals surface area (Å²) in [5.74, 6) is 0. The van der Waals surface area contributed by atoms with Crippen LogP contribution in [-0.4, -0.2) is 15.0 Å². The maximum Gasteiger partial charge on any atom is 0.262 e. The van der Waals surface area contributed by atoms with Crippen LogP contribution in [0.2, 0.25) is 5.02 Å². The molecule has 136 valence electrons. The molecule has 0 aliphatic carbocycles. The smallest absolute Gasteiger partial charge is 0.262 e. The maximum atomic E-state index is 13.0. The first-order chi connectivity index (χ1) is 12.1. The van der Waals surface area contributed by atoms with Gasteiger partial charge in [0.05, 0.1) is 10.6 Å². The molecule has 1 heterocycles. The maximum absolute atomic E-state index is 13.0. The lowest BCUT2D eigenvalue weighted by Crippen LogP contribution is -2.25. The fraction of sp³-hybridized carbons (Fsp3) is 0.158. The molecule has 0 saturated carbocycles. The number of nitrogens with one attached hydrogen (secondary N) is 2. The molecule has 3 aromatic carbocycles. The van der Waals surface area contributed by atoms with Gasteiger partial charge in [-0.05, 0) is 42.3 Å². The van der Waals surface area contributed by atoms with Gasteiger partial charge in [0.2, 0.25) is 0 Å². The van der Waals surface area contributed by atoms with E-state index in [4.69, 9.17) is 11.6 Å². The number of anilines is 1. The highest BCUT2D eigenvalue weighted by atomic mass is 35.5. The Balaban J connectivity index is 0.00000196. The van der Waals surface area contributed by atoms with Crippen molar-refractivity contribution in [2.75, 3.05) is 11.3 Å². The average Bonchev–Trinajstić information content (AvgIpc) is 2.62. The lowest BCUT2D eigenvalue weighted by Gasteiger charge is -2.21. The van der Waals surface area contributed by atoms with Crippen molar-refractivity contribution in [1.82, 2.24) is 5.32 Å². The Hall–Kier alpha value is -1.79. The van der Waals surface area contributed by atoms with Crippen LogP contribution in [0.1, 0.15) is 11.1 Å². The minimum Gasteiger partial charge on any atom is -0.312 e. The summed E-state index contributed by atoms with van der Waals surface area (Å²) in [7, 11) is -3.73. The normalized spacial score (nSPS) is 13.7. The molecule has 0 spiro atoms. The van der Waals surface area contributed by atoms with Crippen LogP contribution in [0.15, 0.2) is 59.5 Å². The number of rotatable bonds is 3. The first-order valence-electron chi connectivity index (χ1n) is 8.08. The van der Waals surface area contributed by atoms with Crippen LogP contribution < -0.4 is 10.0 Å². The molecular formula is C19H18Cl2N2O2S. The Morgan fingerprint density at radius 3 is 2.54 bits per heavy atom. The van der Waals surface area contributed by atoms with E-state index in [0.29, 0.717) is 22.6 Å². The molecule has 0 aromatic heterocycles. The van der Waals surface area contributed by atoms with Crippen molar-refractivity contribution in [3.8, 4) is 0 Å². The fourth-order valence-corrected chi connectivity index (χ4v) is 4.84. The molecule has 7 heteroatoms. The Kier molecular flexibility index (Phi) is 5.44. The first kappa shape index (κ1) is 19.0. The highest BCUT2D eigenvalue weighted by Crippen LogP contribution is 2.31. The lowest BCUT2D eigenvalue weighted by molar-refractivity contribution is 0.601. The molecule has 0 radical (unpaired) electrons. The molecule has 0 unspecified atom stereocenters. The van der Waals surface area contributed by atoms with E-state index in [1.54, 1.807) is 30.3 Å². The molecule has 0 amide bonds. The molecule has 1 aliphatic heterocycles. The third-order valence-corrected chi connectivity index (χ3v) is 6.26. The molecule has 0 atom stereocenters. The van der Waals surface area contributed by atoms with E-state index in [2.05, 4.69) is 10.0 Å². The predicted molar refractivity (Wildman–Crippen MR) is 109 cm³/mol. The van der Waals surface area contributed by atoms with Gasteiger partial charge in [0, 0.05) is 22.3 Å². The van der Waals surface area contributed by atoms with Gasteiger partial charge >= 0.3 is 0 Å². The van der Waals surface area contributed by atoms with Gasteiger partial charge in [-0.25, -0.2) is 8.42 Å². The number of halogens is 2. The molecular weight excluding hydrogens is 391 g/mol. The van der Waals surface area contributed by atoms with Crippen LogP contribution in [0.4, 0.5) is 5.69 Å². The standard InChI is InChI=1S/C19H17ClN2O2S.ClH/c20-17-7-2-6-15-14(17)5-3-9-19(15)25(23,24)22-18-8-1-4-13-10-11-21-12-16(13)18;/h1-9,21-22H,10-12H2;1H. The highest BCUT2D eigenvalue weighted by molar-refractivity contribution is 7.93. The third kappa shape index (κ3) is 3.40. The van der Waals surface area contributed by atoms with Crippen molar-refractivity contribution in [3.05, 3.63) is 70.7 Å². The number of hydrogen-bond acceptors (Lipinski definition) is 3. The predicted octanol–water partition coefficient (Wildman–Crippen LogP) is 4.36. The third-order valence-electron chi connectivity index (χ3n) is 4.51. The van der Waals surface area contributed by atoms with E-state index in [1.807, 2.05) is 24.3 Å². The van der Waals surface area contributed by atoms with Crippen LogP contribution in [-0.2, 0) is 23.0 Å². The monoisotopic (exact) mass is 408 g/mol. The zero-order valence-electron chi connectivity index (χ0n) is 13.8. The molecule has 0 bridgehead atoms. The van der Waals surface area contributed by atoms with Crippen LogP contribution >= 0.6 is 24.0 Å². The molecule has 4 nitrogen and oxygen atoms in total. The number of sulfonamides is 1. The fourth-order valence-electron chi connectivity index (χ4n) is 3.29. The highest BCUT2D eigenvalue weighted by Gasteiger charge is 2.21. The van der Waals surface area contributed by atoms with E-state index in [9.17, 15) is 8.42 Å². The lowest BCUT2D eigenvalue weighted by atomic mass is 10.00. The minimum atomic E-state index is -3.73. The van der Waals surface area contributed by atoms with Gasteiger partial charge in [-0.3, -0.25) is 4.72 Å². The molecule has 26 heavy (non-hydrogen) atoms. The summed E-state index contributed by atoms with van der Waals surface area (Å²) in [6.07, 6.45) is 0.898. The Bertz CT molecular complexity index is 1070. The summed E-state index contributed by atoms with van der Waals surface area (Å²) in [4.78, 5) is 0.230. The van der Waals surface area contributed by atoms with Gasteiger partial charge in [-0.1, -0.05) is 48.0 Å². The molecule has 3 aromatic rings. The van der Waals surface area contributed by atoms with Gasteiger partial charge in [0.15, 0.2) is 0 Å². The molecule has 0 saturated heterocycles. The number of benzene rings is 3. The first-order valence-corrected chi connectivity index (χ1v) is 9.94. The summed E-state index contributed by atoms with van der Waals surface area (Å²) >= 11 is 6.21. The summed E-state index contributed by atoms with van der Waals surface area (Å²) in [6, 6.07) is 16.2. The molecule has 1 aliphatic rings. The van der Waals surface area contributed by atoms with Crippen LogP contribution in [0.5, 0.6) is 0 Å². The van der Waals surface area contributed by atoms with Crippen molar-refractivity contribution in [1.29, 1.82) is 0 Å². The van der Waals surface area contributed by atoms with Crippen molar-refractivity contribution in [2.45, 2.75) is 17.9 Å². The summed E-state index contributed by atoms with van der Waals surface area (Å²) in [6.45, 7) is 1.57. The molecule has 4 rings (SSSR count). The van der Waals surface area contributed by atoms with E-state index in [-0.39, 0.29) is 17.3 Å². The average molecular weight is 409 g/mol. The van der Waals surface area contributed by atoms with E-state index in [0.717, 1.165) is 23.9 Å². The SMILES string of the molecule is Cl.O=S(=O)(Nc1cccc2c1CNCC2)c1cccc2c(Cl)cccc12. The van der Waals surface area contributed by atoms with Crippen molar-refractivity contribution in [2.24, 2.45) is 0 Å². The Morgan fingerprint density at radius 1 is 0.962 bits per heavy atom. The zero-order valence-corrected chi connectivity index (χ0v) is 16.2. The van der Waals surface area contributed by atoms with E-state index in [1.165, 1.54) is 5.56 Å². The van der Waals surface area contributed by atoms with Gasteiger partial charge in [-0.2, -0.15) is 0 Å². The quantitative estimate of drug-likeness (QED) is 0.676. The van der Waals surface area contributed by atoms with E-state index >= 15 is 0 Å². The van der Waals surface area contributed by atoms with E-state index < -0.39 is 10.0 Å². The minimum absolute atomic E-state index is 0.